The number of benzene rings is 1. The van der Waals surface area contributed by atoms with Gasteiger partial charge in [-0.05, 0) is 18.4 Å². The van der Waals surface area contributed by atoms with E-state index in [0.29, 0.717) is 12.1 Å². The Morgan fingerprint density at radius 3 is 2.30 bits per heavy atom. The second-order valence-electron chi connectivity index (χ2n) is 7.87. The molecule has 0 amide bonds. The summed E-state index contributed by atoms with van der Waals surface area (Å²) in [6, 6.07) is 11.7. The molecule has 3 fully saturated rings. The summed E-state index contributed by atoms with van der Waals surface area (Å²) >= 11 is 0. The van der Waals surface area contributed by atoms with Crippen molar-refractivity contribution in [1.82, 2.24) is 0 Å². The van der Waals surface area contributed by atoms with Crippen LogP contribution in [0.5, 0.6) is 0 Å². The van der Waals surface area contributed by atoms with Gasteiger partial charge in [0.15, 0.2) is 0 Å². The largest absolute Gasteiger partial charge is 0.461 e. The molecular formula is C20H28NO2+. The molecule has 3 aliphatic rings. The predicted octanol–water partition coefficient (Wildman–Crippen LogP) is 2.25. The Bertz CT molecular complexity index is 550. The van der Waals surface area contributed by atoms with Crippen molar-refractivity contribution < 1.29 is 14.4 Å². The topological polar surface area (TPSA) is 30.7 Å². The van der Waals surface area contributed by atoms with Crippen molar-refractivity contribution in [2.75, 3.05) is 7.05 Å². The highest BCUT2D eigenvalue weighted by Gasteiger charge is 2.48. The maximum Gasteiger partial charge on any atom is 0.316 e. The van der Waals surface area contributed by atoms with Crippen molar-refractivity contribution in [2.24, 2.45) is 0 Å². The van der Waals surface area contributed by atoms with E-state index in [0.717, 1.165) is 44.1 Å². The van der Waals surface area contributed by atoms with E-state index in [9.17, 15) is 4.79 Å². The van der Waals surface area contributed by atoms with Gasteiger partial charge in [0.05, 0.1) is 24.5 Å². The number of esters is 1. The highest BCUT2D eigenvalue weighted by atomic mass is 16.5. The Balaban J connectivity index is 1.51. The summed E-state index contributed by atoms with van der Waals surface area (Å²) in [5.41, 5.74) is 0.778. The molecule has 124 valence electrons. The average molecular weight is 314 g/mol. The number of fused-ring (bicyclic) bond motifs is 2. The number of hydrogen-bond donors (Lipinski definition) is 1. The van der Waals surface area contributed by atoms with Gasteiger partial charge in [-0.25, -0.2) is 0 Å². The number of nitrogens with one attached hydrogen (secondary N) is 1. The quantitative estimate of drug-likeness (QED) is 0.868. The molecule has 0 radical (unpaired) electrons. The minimum Gasteiger partial charge on any atom is -0.461 e. The number of quaternary nitrogens is 1. The van der Waals surface area contributed by atoms with Gasteiger partial charge in [-0.1, -0.05) is 43.2 Å². The van der Waals surface area contributed by atoms with E-state index in [1.807, 2.05) is 18.2 Å². The highest BCUT2D eigenvalue weighted by molar-refractivity contribution is 5.83. The summed E-state index contributed by atoms with van der Waals surface area (Å²) in [5, 5.41) is 0. The van der Waals surface area contributed by atoms with Crippen LogP contribution in [0.15, 0.2) is 30.3 Å². The lowest BCUT2D eigenvalue weighted by molar-refractivity contribution is -0.923. The molecule has 2 bridgehead atoms. The summed E-state index contributed by atoms with van der Waals surface area (Å²) in [5.74, 6) is 0.0464. The molecule has 0 spiro atoms. The zero-order valence-corrected chi connectivity index (χ0v) is 14.1. The van der Waals surface area contributed by atoms with Crippen molar-refractivity contribution in [1.29, 1.82) is 0 Å². The number of piperidine rings is 1. The van der Waals surface area contributed by atoms with Crippen molar-refractivity contribution in [3.63, 3.8) is 0 Å². The van der Waals surface area contributed by atoms with Gasteiger partial charge in [-0.2, -0.15) is 0 Å². The summed E-state index contributed by atoms with van der Waals surface area (Å²) in [6.07, 6.45) is 9.01. The Labute approximate surface area is 139 Å². The van der Waals surface area contributed by atoms with Crippen LogP contribution in [-0.2, 0) is 14.9 Å². The molecule has 0 aromatic heterocycles. The lowest BCUT2D eigenvalue weighted by atomic mass is 9.79. The van der Waals surface area contributed by atoms with Crippen LogP contribution in [0.3, 0.4) is 0 Å². The van der Waals surface area contributed by atoms with Crippen LogP contribution in [0.1, 0.15) is 56.9 Å². The van der Waals surface area contributed by atoms with E-state index in [1.54, 1.807) is 4.90 Å². The van der Waals surface area contributed by atoms with Gasteiger partial charge in [0, 0.05) is 25.7 Å². The van der Waals surface area contributed by atoms with E-state index in [2.05, 4.69) is 19.2 Å². The first-order valence-electron chi connectivity index (χ1n) is 9.29. The molecule has 2 heterocycles. The lowest BCUT2D eigenvalue weighted by Crippen LogP contribution is -3.15. The van der Waals surface area contributed by atoms with Gasteiger partial charge in [0.1, 0.15) is 6.10 Å². The molecule has 4 rings (SSSR count). The molecule has 3 heteroatoms. The first kappa shape index (κ1) is 15.2. The van der Waals surface area contributed by atoms with Crippen LogP contribution in [0.25, 0.3) is 0 Å². The van der Waals surface area contributed by atoms with E-state index >= 15 is 0 Å². The van der Waals surface area contributed by atoms with Gasteiger partial charge < -0.3 is 9.64 Å². The zero-order chi connectivity index (χ0) is 15.9. The monoisotopic (exact) mass is 314 g/mol. The van der Waals surface area contributed by atoms with Crippen LogP contribution in [-0.4, -0.2) is 31.2 Å². The molecular weight excluding hydrogens is 286 g/mol. The molecule has 2 saturated heterocycles. The maximum atomic E-state index is 13.1. The molecule has 1 saturated carbocycles. The average Bonchev–Trinajstić information content (AvgIpc) is 3.13. The van der Waals surface area contributed by atoms with E-state index in [4.69, 9.17) is 4.74 Å². The van der Waals surface area contributed by atoms with Crippen molar-refractivity contribution >= 4 is 5.97 Å². The Morgan fingerprint density at radius 2 is 1.70 bits per heavy atom. The molecule has 1 N–H and O–H groups in total. The summed E-state index contributed by atoms with van der Waals surface area (Å²) < 4.78 is 6.11. The maximum absolute atomic E-state index is 13.1. The molecule has 2 aliphatic heterocycles. The van der Waals surface area contributed by atoms with Crippen molar-refractivity contribution in [3.05, 3.63) is 35.9 Å². The minimum absolute atomic E-state index is 0.0464. The second kappa shape index (κ2) is 5.94. The summed E-state index contributed by atoms with van der Waals surface area (Å²) in [6.45, 7) is 0. The highest BCUT2D eigenvalue weighted by Crippen LogP contribution is 2.43. The first-order chi connectivity index (χ1) is 11.2. The fraction of sp³-hybridized carbons (Fsp3) is 0.650. The summed E-state index contributed by atoms with van der Waals surface area (Å²) in [4.78, 5) is 14.8. The fourth-order valence-electron chi connectivity index (χ4n) is 5.24. The molecule has 23 heavy (non-hydrogen) atoms. The standard InChI is InChI=1S/C20H27NO2/c1-21-16-9-10-17(21)14-18(13-16)23-19(22)20(11-5-6-12-20)15-7-3-2-4-8-15/h2-4,7-8,16-18H,5-6,9-14H2,1H3/p+1. The van der Waals surface area contributed by atoms with Crippen LogP contribution in [0, 0.1) is 0 Å². The third-order valence-corrected chi connectivity index (χ3v) is 6.69. The van der Waals surface area contributed by atoms with E-state index < -0.39 is 0 Å². The van der Waals surface area contributed by atoms with Gasteiger partial charge in [-0.3, -0.25) is 4.79 Å². The Morgan fingerprint density at radius 1 is 1.09 bits per heavy atom. The number of ether oxygens (including phenoxy) is 1. The van der Waals surface area contributed by atoms with Crippen LogP contribution < -0.4 is 4.90 Å². The fourth-order valence-corrected chi connectivity index (χ4v) is 5.24. The SMILES string of the molecule is C[NH+]1C2CCC1CC(OC(=O)C1(c3ccccc3)CCCC1)C2. The Hall–Kier alpha value is -1.35. The van der Waals surface area contributed by atoms with Crippen LogP contribution in [0.2, 0.25) is 0 Å². The number of carbonyl (C=O) groups excluding carboxylic acids is 1. The molecule has 2 unspecified atom stereocenters. The third kappa shape index (κ3) is 2.59. The van der Waals surface area contributed by atoms with Crippen LogP contribution >= 0.6 is 0 Å². The first-order valence-corrected chi connectivity index (χ1v) is 9.29. The van der Waals surface area contributed by atoms with Gasteiger partial charge in [-0.15, -0.1) is 0 Å². The third-order valence-electron chi connectivity index (χ3n) is 6.69. The number of rotatable bonds is 3. The van der Waals surface area contributed by atoms with Gasteiger partial charge >= 0.3 is 5.97 Å². The predicted molar refractivity (Wildman–Crippen MR) is 89.4 cm³/mol. The van der Waals surface area contributed by atoms with Gasteiger partial charge in [0.2, 0.25) is 0 Å². The molecule has 3 nitrogen and oxygen atoms in total. The van der Waals surface area contributed by atoms with Crippen molar-refractivity contribution in [2.45, 2.75) is 75.0 Å². The van der Waals surface area contributed by atoms with Crippen molar-refractivity contribution in [3.8, 4) is 0 Å². The van der Waals surface area contributed by atoms with Crippen LogP contribution in [0.4, 0.5) is 0 Å². The normalized spacial score (nSPS) is 35.2. The summed E-state index contributed by atoms with van der Waals surface area (Å²) in [7, 11) is 2.31. The molecule has 1 aromatic rings. The van der Waals surface area contributed by atoms with Gasteiger partial charge in [0.25, 0.3) is 0 Å². The lowest BCUT2D eigenvalue weighted by Gasteiger charge is -2.35. The minimum atomic E-state index is -0.378. The van der Waals surface area contributed by atoms with E-state index in [-0.39, 0.29) is 17.5 Å². The number of carbonyl (C=O) groups is 1. The smallest absolute Gasteiger partial charge is 0.316 e. The molecule has 1 aromatic carbocycles. The second-order valence-corrected chi connectivity index (χ2v) is 7.87. The van der Waals surface area contributed by atoms with E-state index in [1.165, 1.54) is 12.8 Å². The number of hydrogen-bond acceptors (Lipinski definition) is 2. The molecule has 2 atom stereocenters. The Kier molecular flexibility index (Phi) is 3.92. The zero-order valence-electron chi connectivity index (χ0n) is 14.1. The molecule has 1 aliphatic carbocycles.